The number of nitrogens with one attached hydrogen (secondary N) is 1. The van der Waals surface area contributed by atoms with E-state index in [1.807, 2.05) is 0 Å². The zero-order valence-corrected chi connectivity index (χ0v) is 12.5. The number of carboxylic acids is 2. The van der Waals surface area contributed by atoms with Crippen LogP contribution in [0.3, 0.4) is 0 Å². The lowest BCUT2D eigenvalue weighted by Crippen LogP contribution is -2.21. The van der Waals surface area contributed by atoms with Crippen molar-refractivity contribution in [2.24, 2.45) is 5.92 Å². The van der Waals surface area contributed by atoms with Crippen molar-refractivity contribution in [3.63, 3.8) is 0 Å². The smallest absolute Gasteiger partial charge is 0.307 e. The van der Waals surface area contributed by atoms with Crippen molar-refractivity contribution >= 4 is 30.9 Å². The molecule has 0 bridgehead atoms. The zero-order chi connectivity index (χ0) is 16.3. The molecule has 3 unspecified atom stereocenters. The average Bonchev–Trinajstić information content (AvgIpc) is 2.85. The fraction of sp³-hybridized carbons (Fsp3) is 0.286. The SMILES string of the molecule is O=C(O)CCC(C(=O)O)C(c1cc2ccccc2[nH]1)[PH](=O)O. The standard InChI is InChI=1S/C14H16NO6P/c16-12(17)6-5-9(14(18)19)13(22(20)21)11-7-8-3-1-2-4-10(8)15-11/h1-4,7,9,13,15,22H,5-6H2,(H,16,17)(H,18,19)(H,20,21). The van der Waals surface area contributed by atoms with Crippen molar-refractivity contribution < 1.29 is 29.3 Å². The van der Waals surface area contributed by atoms with E-state index in [2.05, 4.69) is 4.98 Å². The van der Waals surface area contributed by atoms with E-state index in [4.69, 9.17) is 5.11 Å². The topological polar surface area (TPSA) is 128 Å². The van der Waals surface area contributed by atoms with Gasteiger partial charge in [-0.05, 0) is 23.9 Å². The van der Waals surface area contributed by atoms with E-state index < -0.39 is 31.5 Å². The number of fused-ring (bicyclic) bond motifs is 1. The highest BCUT2D eigenvalue weighted by Gasteiger charge is 2.34. The Bertz CT molecular complexity index is 692. The molecule has 1 aromatic heterocycles. The quantitative estimate of drug-likeness (QED) is 0.578. The molecule has 2 aromatic rings. The number of hydrogen-bond acceptors (Lipinski definition) is 3. The Balaban J connectivity index is 2.40. The molecule has 118 valence electrons. The van der Waals surface area contributed by atoms with Crippen LogP contribution in [0.25, 0.3) is 10.9 Å². The van der Waals surface area contributed by atoms with Gasteiger partial charge in [-0.1, -0.05) is 18.2 Å². The number of hydrogen-bond donors (Lipinski definition) is 4. The number of carbonyl (C=O) groups is 2. The minimum Gasteiger partial charge on any atom is -0.481 e. The monoisotopic (exact) mass is 325 g/mol. The summed E-state index contributed by atoms with van der Waals surface area (Å²) in [5.41, 5.74) is -0.0762. The van der Waals surface area contributed by atoms with Crippen molar-refractivity contribution in [1.29, 1.82) is 0 Å². The van der Waals surface area contributed by atoms with Crippen LogP contribution >= 0.6 is 8.03 Å². The van der Waals surface area contributed by atoms with Crippen LogP contribution in [0.2, 0.25) is 0 Å². The minimum atomic E-state index is -3.22. The maximum atomic E-state index is 11.7. The summed E-state index contributed by atoms with van der Waals surface area (Å²) in [4.78, 5) is 34.6. The summed E-state index contributed by atoms with van der Waals surface area (Å²) in [6.45, 7) is 0. The van der Waals surface area contributed by atoms with E-state index in [9.17, 15) is 24.2 Å². The highest BCUT2D eigenvalue weighted by Crippen LogP contribution is 2.45. The van der Waals surface area contributed by atoms with E-state index in [1.54, 1.807) is 30.3 Å². The first-order chi connectivity index (χ1) is 10.4. The largest absolute Gasteiger partial charge is 0.481 e. The predicted molar refractivity (Wildman–Crippen MR) is 80.3 cm³/mol. The number of para-hydroxylation sites is 1. The van der Waals surface area contributed by atoms with Gasteiger partial charge < -0.3 is 20.1 Å². The van der Waals surface area contributed by atoms with Gasteiger partial charge in [0.2, 0.25) is 0 Å². The third-order valence-corrected chi connectivity index (χ3v) is 4.79. The van der Waals surface area contributed by atoms with Crippen LogP contribution in [0.1, 0.15) is 24.2 Å². The lowest BCUT2D eigenvalue weighted by molar-refractivity contribution is -0.143. The molecular weight excluding hydrogens is 309 g/mol. The highest BCUT2D eigenvalue weighted by atomic mass is 31.1. The van der Waals surface area contributed by atoms with Crippen LogP contribution in [-0.4, -0.2) is 32.0 Å². The Labute approximate surface area is 126 Å². The molecule has 0 spiro atoms. The lowest BCUT2D eigenvalue weighted by atomic mass is 9.97. The molecule has 0 saturated heterocycles. The predicted octanol–water partition coefficient (Wildman–Crippen LogP) is 2.24. The summed E-state index contributed by atoms with van der Waals surface area (Å²) < 4.78 is 11.7. The molecule has 8 heteroatoms. The Morgan fingerprint density at radius 3 is 2.45 bits per heavy atom. The third kappa shape index (κ3) is 3.55. The van der Waals surface area contributed by atoms with E-state index in [-0.39, 0.29) is 12.8 Å². The highest BCUT2D eigenvalue weighted by molar-refractivity contribution is 7.38. The number of aromatic amines is 1. The van der Waals surface area contributed by atoms with Crippen molar-refractivity contribution in [2.45, 2.75) is 18.5 Å². The third-order valence-electron chi connectivity index (χ3n) is 3.54. The molecule has 0 amide bonds. The van der Waals surface area contributed by atoms with Crippen molar-refractivity contribution in [3.05, 3.63) is 36.0 Å². The molecular formula is C14H16NO6P. The van der Waals surface area contributed by atoms with E-state index in [0.717, 1.165) is 10.9 Å². The summed E-state index contributed by atoms with van der Waals surface area (Å²) >= 11 is 0. The van der Waals surface area contributed by atoms with Gasteiger partial charge in [0.1, 0.15) is 0 Å². The molecule has 2 rings (SSSR count). The van der Waals surface area contributed by atoms with Crippen LogP contribution in [0.4, 0.5) is 0 Å². The van der Waals surface area contributed by atoms with Crippen LogP contribution in [0.5, 0.6) is 0 Å². The van der Waals surface area contributed by atoms with Gasteiger partial charge in [0.05, 0.1) is 11.6 Å². The molecule has 0 fully saturated rings. The fourth-order valence-electron chi connectivity index (χ4n) is 2.50. The summed E-state index contributed by atoms with van der Waals surface area (Å²) in [5.74, 6) is -3.66. The second-order valence-corrected chi connectivity index (χ2v) is 6.30. The summed E-state index contributed by atoms with van der Waals surface area (Å²) in [6.07, 6.45) is -0.579. The molecule has 1 aromatic carbocycles. The summed E-state index contributed by atoms with van der Waals surface area (Å²) in [5, 5.41) is 18.8. The van der Waals surface area contributed by atoms with E-state index in [0.29, 0.717) is 5.69 Å². The molecule has 0 saturated carbocycles. The van der Waals surface area contributed by atoms with Crippen LogP contribution in [-0.2, 0) is 14.2 Å². The second-order valence-electron chi connectivity index (χ2n) is 5.00. The molecule has 1 heterocycles. The van der Waals surface area contributed by atoms with Gasteiger partial charge in [-0.3, -0.25) is 14.2 Å². The Morgan fingerprint density at radius 1 is 1.23 bits per heavy atom. The van der Waals surface area contributed by atoms with Gasteiger partial charge in [-0.25, -0.2) is 0 Å². The second kappa shape index (κ2) is 6.77. The number of H-pyrrole nitrogens is 1. The number of aliphatic carboxylic acids is 2. The van der Waals surface area contributed by atoms with Gasteiger partial charge >= 0.3 is 11.9 Å². The van der Waals surface area contributed by atoms with E-state index in [1.165, 1.54) is 0 Å². The molecule has 0 aliphatic heterocycles. The van der Waals surface area contributed by atoms with Crippen LogP contribution < -0.4 is 0 Å². The van der Waals surface area contributed by atoms with Gasteiger partial charge in [-0.15, -0.1) is 0 Å². The zero-order valence-electron chi connectivity index (χ0n) is 11.5. The summed E-state index contributed by atoms with van der Waals surface area (Å²) in [6, 6.07) is 8.80. The molecule has 22 heavy (non-hydrogen) atoms. The Morgan fingerprint density at radius 2 is 1.91 bits per heavy atom. The number of rotatable bonds is 7. The number of benzene rings is 1. The first-order valence-corrected chi connectivity index (χ1v) is 8.08. The Hall–Kier alpha value is -2.11. The van der Waals surface area contributed by atoms with Gasteiger partial charge in [-0.2, -0.15) is 0 Å². The van der Waals surface area contributed by atoms with Crippen molar-refractivity contribution in [1.82, 2.24) is 4.98 Å². The van der Waals surface area contributed by atoms with Gasteiger partial charge in [0.25, 0.3) is 0 Å². The maximum absolute atomic E-state index is 11.7. The van der Waals surface area contributed by atoms with Crippen LogP contribution in [0.15, 0.2) is 30.3 Å². The normalized spacial score (nSPS) is 15.3. The first-order valence-electron chi connectivity index (χ1n) is 6.65. The average molecular weight is 325 g/mol. The first kappa shape index (κ1) is 16.3. The molecule has 4 N–H and O–H groups in total. The number of carboxylic acid groups (broad SMARTS) is 2. The molecule has 0 aliphatic rings. The van der Waals surface area contributed by atoms with Gasteiger partial charge in [0.15, 0.2) is 8.03 Å². The molecule has 0 radical (unpaired) electrons. The minimum absolute atomic E-state index is 0.207. The maximum Gasteiger partial charge on any atom is 0.307 e. The van der Waals surface area contributed by atoms with E-state index >= 15 is 0 Å². The lowest BCUT2D eigenvalue weighted by Gasteiger charge is -2.20. The summed E-state index contributed by atoms with van der Waals surface area (Å²) in [7, 11) is -3.22. The fourth-order valence-corrected chi connectivity index (χ4v) is 3.57. The van der Waals surface area contributed by atoms with Gasteiger partial charge in [0, 0.05) is 17.6 Å². The number of aromatic nitrogens is 1. The Kier molecular flexibility index (Phi) is 5.00. The van der Waals surface area contributed by atoms with Crippen molar-refractivity contribution in [2.75, 3.05) is 0 Å². The molecule has 0 aliphatic carbocycles. The molecule has 3 atom stereocenters. The van der Waals surface area contributed by atoms with Crippen LogP contribution in [0, 0.1) is 5.92 Å². The van der Waals surface area contributed by atoms with Crippen molar-refractivity contribution in [3.8, 4) is 0 Å². The molecule has 7 nitrogen and oxygen atoms in total.